The summed E-state index contributed by atoms with van der Waals surface area (Å²) in [6, 6.07) is 13.9. The molecule has 1 N–H and O–H groups in total. The molecule has 0 fully saturated rings. The Morgan fingerprint density at radius 1 is 1.07 bits per heavy atom. The van der Waals surface area contributed by atoms with Gasteiger partial charge < -0.3 is 10.1 Å². The molecule has 0 aliphatic rings. The van der Waals surface area contributed by atoms with Crippen molar-refractivity contribution >= 4 is 16.8 Å². The topological polar surface area (TPSA) is 51.2 Å². The SMILES string of the molecule is Cc1ccc2nc(C)c(C(=O)NCCCCOc3ccc(F)cc3)cc2c1. The molecule has 0 saturated carbocycles. The molecule has 0 aliphatic heterocycles. The lowest BCUT2D eigenvalue weighted by atomic mass is 10.1. The number of hydrogen-bond acceptors (Lipinski definition) is 3. The number of pyridine rings is 1. The average Bonchev–Trinajstić information content (AvgIpc) is 2.65. The number of carbonyl (C=O) groups is 1. The highest BCUT2D eigenvalue weighted by molar-refractivity contribution is 5.98. The molecule has 1 aromatic heterocycles. The number of halogens is 1. The molecule has 3 aromatic rings. The van der Waals surface area contributed by atoms with E-state index in [0.717, 1.165) is 35.0 Å². The first-order chi connectivity index (χ1) is 13.0. The number of aryl methyl sites for hydroxylation is 2. The third-order valence-corrected chi connectivity index (χ3v) is 4.34. The lowest BCUT2D eigenvalue weighted by Gasteiger charge is -2.10. The molecular formula is C22H23FN2O2. The predicted molar refractivity (Wildman–Crippen MR) is 105 cm³/mol. The number of ether oxygens (including phenoxy) is 1. The van der Waals surface area contributed by atoms with Crippen LogP contribution in [-0.4, -0.2) is 24.0 Å². The number of unbranched alkanes of at least 4 members (excludes halogenated alkanes) is 1. The number of nitrogens with zero attached hydrogens (tertiary/aromatic N) is 1. The second-order valence-corrected chi connectivity index (χ2v) is 6.58. The quantitative estimate of drug-likeness (QED) is 0.623. The van der Waals surface area contributed by atoms with Crippen molar-refractivity contribution in [1.29, 1.82) is 0 Å². The van der Waals surface area contributed by atoms with Crippen LogP contribution in [0.1, 0.15) is 34.5 Å². The smallest absolute Gasteiger partial charge is 0.253 e. The molecule has 140 valence electrons. The number of aromatic nitrogens is 1. The fraction of sp³-hybridized carbons (Fsp3) is 0.273. The van der Waals surface area contributed by atoms with Crippen molar-refractivity contribution in [2.75, 3.05) is 13.2 Å². The Balaban J connectivity index is 1.47. The normalized spacial score (nSPS) is 10.8. The summed E-state index contributed by atoms with van der Waals surface area (Å²) in [5, 5.41) is 3.91. The maximum atomic E-state index is 12.8. The Labute approximate surface area is 158 Å². The van der Waals surface area contributed by atoms with E-state index in [2.05, 4.69) is 10.3 Å². The van der Waals surface area contributed by atoms with E-state index in [1.165, 1.54) is 12.1 Å². The van der Waals surface area contributed by atoms with Gasteiger partial charge in [-0.1, -0.05) is 11.6 Å². The van der Waals surface area contributed by atoms with E-state index in [1.807, 2.05) is 38.1 Å². The summed E-state index contributed by atoms with van der Waals surface area (Å²) in [4.78, 5) is 17.0. The number of amides is 1. The van der Waals surface area contributed by atoms with Crippen LogP contribution in [0, 0.1) is 19.7 Å². The van der Waals surface area contributed by atoms with E-state index in [-0.39, 0.29) is 11.7 Å². The van der Waals surface area contributed by atoms with E-state index in [0.29, 0.717) is 24.5 Å². The zero-order chi connectivity index (χ0) is 19.2. The summed E-state index contributed by atoms with van der Waals surface area (Å²) < 4.78 is 18.4. The largest absolute Gasteiger partial charge is 0.494 e. The Bertz CT molecular complexity index is 939. The van der Waals surface area contributed by atoms with Crippen LogP contribution in [0.3, 0.4) is 0 Å². The fourth-order valence-corrected chi connectivity index (χ4v) is 2.87. The van der Waals surface area contributed by atoms with Gasteiger partial charge >= 0.3 is 0 Å². The summed E-state index contributed by atoms with van der Waals surface area (Å²) >= 11 is 0. The number of fused-ring (bicyclic) bond motifs is 1. The summed E-state index contributed by atoms with van der Waals surface area (Å²) in [6.07, 6.45) is 1.60. The molecule has 1 amide bonds. The third kappa shape index (κ3) is 5.03. The van der Waals surface area contributed by atoms with E-state index < -0.39 is 0 Å². The molecule has 0 bridgehead atoms. The second-order valence-electron chi connectivity index (χ2n) is 6.58. The van der Waals surface area contributed by atoms with Crippen molar-refractivity contribution in [2.24, 2.45) is 0 Å². The van der Waals surface area contributed by atoms with Crippen LogP contribution in [0.2, 0.25) is 0 Å². The number of hydrogen-bond donors (Lipinski definition) is 1. The van der Waals surface area contributed by atoms with Gasteiger partial charge in [-0.2, -0.15) is 0 Å². The summed E-state index contributed by atoms with van der Waals surface area (Å²) in [5.41, 5.74) is 3.37. The molecule has 0 aliphatic carbocycles. The van der Waals surface area contributed by atoms with Crippen LogP contribution in [0.25, 0.3) is 10.9 Å². The molecule has 2 aromatic carbocycles. The number of rotatable bonds is 7. The minimum Gasteiger partial charge on any atom is -0.494 e. The summed E-state index contributed by atoms with van der Waals surface area (Å²) in [6.45, 7) is 4.96. The summed E-state index contributed by atoms with van der Waals surface area (Å²) in [5.74, 6) is 0.259. The van der Waals surface area contributed by atoms with E-state index in [4.69, 9.17) is 4.74 Å². The van der Waals surface area contributed by atoms with Gasteiger partial charge in [-0.25, -0.2) is 4.39 Å². The molecule has 0 atom stereocenters. The highest BCUT2D eigenvalue weighted by atomic mass is 19.1. The molecular weight excluding hydrogens is 343 g/mol. The van der Waals surface area contributed by atoms with Gasteiger partial charge in [0, 0.05) is 11.9 Å². The molecule has 5 heteroatoms. The van der Waals surface area contributed by atoms with Gasteiger partial charge in [-0.05, 0) is 69.2 Å². The van der Waals surface area contributed by atoms with Crippen LogP contribution in [0.15, 0.2) is 48.5 Å². The lowest BCUT2D eigenvalue weighted by Crippen LogP contribution is -2.25. The first-order valence-corrected chi connectivity index (χ1v) is 9.07. The average molecular weight is 366 g/mol. The molecule has 0 spiro atoms. The second kappa shape index (κ2) is 8.62. The molecule has 0 unspecified atom stereocenters. The first kappa shape index (κ1) is 18.8. The van der Waals surface area contributed by atoms with Crippen molar-refractivity contribution in [3.05, 3.63) is 71.2 Å². The third-order valence-electron chi connectivity index (χ3n) is 4.34. The maximum absolute atomic E-state index is 12.8. The first-order valence-electron chi connectivity index (χ1n) is 9.07. The molecule has 0 radical (unpaired) electrons. The minimum atomic E-state index is -0.279. The van der Waals surface area contributed by atoms with Gasteiger partial charge in [0.25, 0.3) is 5.91 Å². The highest BCUT2D eigenvalue weighted by Gasteiger charge is 2.11. The number of nitrogens with one attached hydrogen (secondary N) is 1. The van der Waals surface area contributed by atoms with Gasteiger partial charge in [0.05, 0.1) is 23.4 Å². The molecule has 0 saturated heterocycles. The van der Waals surface area contributed by atoms with Crippen molar-refractivity contribution in [3.8, 4) is 5.75 Å². The van der Waals surface area contributed by atoms with Crippen LogP contribution in [0.5, 0.6) is 5.75 Å². The van der Waals surface area contributed by atoms with E-state index in [1.54, 1.807) is 12.1 Å². The molecule has 3 rings (SSSR count). The Kier molecular flexibility index (Phi) is 6.01. The van der Waals surface area contributed by atoms with Crippen LogP contribution in [-0.2, 0) is 0 Å². The van der Waals surface area contributed by atoms with Crippen LogP contribution >= 0.6 is 0 Å². The highest BCUT2D eigenvalue weighted by Crippen LogP contribution is 2.18. The van der Waals surface area contributed by atoms with Gasteiger partial charge in [-0.3, -0.25) is 9.78 Å². The number of benzene rings is 2. The monoisotopic (exact) mass is 366 g/mol. The van der Waals surface area contributed by atoms with Crippen LogP contribution < -0.4 is 10.1 Å². The van der Waals surface area contributed by atoms with Crippen molar-refractivity contribution < 1.29 is 13.9 Å². The van der Waals surface area contributed by atoms with E-state index >= 15 is 0 Å². The molecule has 1 heterocycles. The van der Waals surface area contributed by atoms with Gasteiger partial charge in [0.1, 0.15) is 11.6 Å². The standard InChI is InChI=1S/C22H23FN2O2/c1-15-5-10-21-17(13-15)14-20(16(2)25-21)22(26)24-11-3-4-12-27-19-8-6-18(23)7-9-19/h5-10,13-14H,3-4,11-12H2,1-2H3,(H,24,26). The lowest BCUT2D eigenvalue weighted by molar-refractivity contribution is 0.0951. The summed E-state index contributed by atoms with van der Waals surface area (Å²) in [7, 11) is 0. The maximum Gasteiger partial charge on any atom is 0.253 e. The van der Waals surface area contributed by atoms with Crippen molar-refractivity contribution in [2.45, 2.75) is 26.7 Å². The fourth-order valence-electron chi connectivity index (χ4n) is 2.87. The van der Waals surface area contributed by atoms with E-state index in [9.17, 15) is 9.18 Å². The predicted octanol–water partition coefficient (Wildman–Crippen LogP) is 4.58. The van der Waals surface area contributed by atoms with Crippen molar-refractivity contribution in [1.82, 2.24) is 10.3 Å². The molecule has 4 nitrogen and oxygen atoms in total. The Morgan fingerprint density at radius 3 is 2.63 bits per heavy atom. The number of carbonyl (C=O) groups excluding carboxylic acids is 1. The zero-order valence-corrected chi connectivity index (χ0v) is 15.6. The van der Waals surface area contributed by atoms with Crippen LogP contribution in [0.4, 0.5) is 4.39 Å². The molecule has 27 heavy (non-hydrogen) atoms. The van der Waals surface area contributed by atoms with Crippen molar-refractivity contribution in [3.63, 3.8) is 0 Å². The Morgan fingerprint density at radius 2 is 1.85 bits per heavy atom. The minimum absolute atomic E-state index is 0.108. The zero-order valence-electron chi connectivity index (χ0n) is 15.6. The van der Waals surface area contributed by atoms with Gasteiger partial charge in [-0.15, -0.1) is 0 Å². The van der Waals surface area contributed by atoms with Gasteiger partial charge in [0.15, 0.2) is 0 Å². The Hall–Kier alpha value is -2.95. The van der Waals surface area contributed by atoms with Gasteiger partial charge in [0.2, 0.25) is 0 Å².